The summed E-state index contributed by atoms with van der Waals surface area (Å²) in [7, 11) is -4.11. The van der Waals surface area contributed by atoms with Crippen molar-refractivity contribution in [2.24, 2.45) is 0 Å². The summed E-state index contributed by atoms with van der Waals surface area (Å²) in [6.45, 7) is 3.87. The van der Waals surface area contributed by atoms with E-state index in [1.807, 2.05) is 89.8 Å². The molecule has 1 amide bonds. The number of aromatic carboxylic acids is 1. The Labute approximate surface area is 262 Å². The van der Waals surface area contributed by atoms with Gasteiger partial charge in [0, 0.05) is 49.2 Å². The maximum atomic E-state index is 14.5. The molecule has 1 aromatic heterocycles. The monoisotopic (exact) mass is 623 g/mol. The average molecular weight is 624 g/mol. The third-order valence-electron chi connectivity index (χ3n) is 8.22. The van der Waals surface area contributed by atoms with Crippen molar-refractivity contribution in [3.8, 4) is 0 Å². The van der Waals surface area contributed by atoms with Gasteiger partial charge in [0.05, 0.1) is 16.3 Å². The van der Waals surface area contributed by atoms with E-state index in [9.17, 15) is 23.1 Å². The number of carboxylic acids is 1. The minimum atomic E-state index is -4.11. The molecule has 0 bridgehead atoms. The number of para-hydroxylation sites is 2. The van der Waals surface area contributed by atoms with Crippen LogP contribution in [0.2, 0.25) is 0 Å². The number of piperazine rings is 1. The molecule has 4 aromatic carbocycles. The minimum absolute atomic E-state index is 0.0217. The van der Waals surface area contributed by atoms with Crippen LogP contribution >= 0.6 is 0 Å². The van der Waals surface area contributed by atoms with E-state index in [1.165, 1.54) is 22.5 Å². The number of sulfonamides is 1. The van der Waals surface area contributed by atoms with E-state index >= 15 is 0 Å². The summed E-state index contributed by atoms with van der Waals surface area (Å²) < 4.78 is 35.9. The molecule has 10 heteroatoms. The first-order chi connectivity index (χ1) is 21.7. The molecule has 1 aliphatic rings. The first-order valence-electron chi connectivity index (χ1n) is 14.8. The molecule has 5 aromatic rings. The number of hydrogen-bond donors (Lipinski definition) is 1. The summed E-state index contributed by atoms with van der Waals surface area (Å²) in [4.78, 5) is 28.7. The summed E-state index contributed by atoms with van der Waals surface area (Å²) >= 11 is 0. The predicted octanol–water partition coefficient (Wildman–Crippen LogP) is 5.84. The van der Waals surface area contributed by atoms with Crippen molar-refractivity contribution in [2.45, 2.75) is 18.2 Å². The second-order valence-corrected chi connectivity index (χ2v) is 12.8. The van der Waals surface area contributed by atoms with E-state index in [2.05, 4.69) is 4.90 Å². The molecule has 1 fully saturated rings. The fraction of sp³-hybridized carbons (Fsp3) is 0.200. The van der Waals surface area contributed by atoms with Crippen LogP contribution in [0.1, 0.15) is 32.0 Å². The number of nitrogens with zero attached hydrogens (tertiary/aromatic N) is 3. The number of carbonyl (C=O) groups excluding carboxylic acids is 1. The molecule has 1 aliphatic heterocycles. The number of amides is 1. The van der Waals surface area contributed by atoms with Gasteiger partial charge in [0.15, 0.2) is 0 Å². The van der Waals surface area contributed by atoms with Crippen molar-refractivity contribution in [3.63, 3.8) is 0 Å². The van der Waals surface area contributed by atoms with Gasteiger partial charge in [-0.3, -0.25) is 9.10 Å². The van der Waals surface area contributed by atoms with Gasteiger partial charge >= 0.3 is 5.97 Å². The topological polar surface area (TPSA) is 111 Å². The molecule has 0 saturated carbocycles. The Kier molecular flexibility index (Phi) is 8.32. The second-order valence-electron chi connectivity index (χ2n) is 11.0. The second kappa shape index (κ2) is 12.5. The van der Waals surface area contributed by atoms with Gasteiger partial charge < -0.3 is 19.3 Å². The molecule has 1 saturated heterocycles. The lowest BCUT2D eigenvalue weighted by Gasteiger charge is -2.38. The number of rotatable bonds is 9. The predicted molar refractivity (Wildman–Crippen MR) is 174 cm³/mol. The van der Waals surface area contributed by atoms with Gasteiger partial charge in [0.2, 0.25) is 5.76 Å². The molecule has 6 rings (SSSR count). The van der Waals surface area contributed by atoms with E-state index < -0.39 is 16.0 Å². The van der Waals surface area contributed by atoms with Gasteiger partial charge in [-0.2, -0.15) is 0 Å². The van der Waals surface area contributed by atoms with Crippen LogP contribution in [-0.2, 0) is 16.4 Å². The lowest BCUT2D eigenvalue weighted by atomic mass is 10.1. The van der Waals surface area contributed by atoms with E-state index in [4.69, 9.17) is 4.42 Å². The number of anilines is 2. The first kappa shape index (κ1) is 30.0. The maximum Gasteiger partial charge on any atom is 0.372 e. The Balaban J connectivity index is 1.34. The van der Waals surface area contributed by atoms with Crippen LogP contribution in [0.5, 0.6) is 0 Å². The molecule has 45 heavy (non-hydrogen) atoms. The smallest absolute Gasteiger partial charge is 0.372 e. The van der Waals surface area contributed by atoms with Gasteiger partial charge in [-0.25, -0.2) is 13.2 Å². The summed E-state index contributed by atoms with van der Waals surface area (Å²) in [5.41, 5.74) is 3.61. The number of fused-ring (bicyclic) bond motifs is 1. The molecule has 0 unspecified atom stereocenters. The van der Waals surface area contributed by atoms with Gasteiger partial charge in [-0.15, -0.1) is 0 Å². The molecular weight excluding hydrogens is 590 g/mol. The van der Waals surface area contributed by atoms with Crippen molar-refractivity contribution in [1.82, 2.24) is 4.90 Å². The molecule has 9 nitrogen and oxygen atoms in total. The van der Waals surface area contributed by atoms with Crippen molar-refractivity contribution in [3.05, 3.63) is 126 Å². The Bertz CT molecular complexity index is 1950. The summed E-state index contributed by atoms with van der Waals surface area (Å²) in [6.07, 6.45) is 0.476. The fourth-order valence-electron chi connectivity index (χ4n) is 5.79. The van der Waals surface area contributed by atoms with E-state index in [-0.39, 0.29) is 23.1 Å². The van der Waals surface area contributed by atoms with Crippen molar-refractivity contribution >= 4 is 44.2 Å². The quantitative estimate of drug-likeness (QED) is 0.220. The zero-order valence-electron chi connectivity index (χ0n) is 24.8. The molecule has 0 radical (unpaired) electrons. The van der Waals surface area contributed by atoms with Crippen LogP contribution in [0.3, 0.4) is 0 Å². The van der Waals surface area contributed by atoms with Crippen LogP contribution in [0.15, 0.2) is 112 Å². The molecule has 0 spiro atoms. The largest absolute Gasteiger partial charge is 0.475 e. The number of hydrogen-bond acceptors (Lipinski definition) is 6. The Hall–Kier alpha value is -5.09. The van der Waals surface area contributed by atoms with Crippen molar-refractivity contribution < 1.29 is 27.5 Å². The van der Waals surface area contributed by atoms with Crippen LogP contribution < -0.4 is 9.21 Å². The minimum Gasteiger partial charge on any atom is -0.475 e. The third-order valence-corrected chi connectivity index (χ3v) is 10.0. The van der Waals surface area contributed by atoms with Crippen LogP contribution in [0.25, 0.3) is 11.0 Å². The van der Waals surface area contributed by atoms with Gasteiger partial charge in [0.25, 0.3) is 15.9 Å². The standard InChI is InChI=1S/C35H33N3O6S/c1-25-29-24-28(16-17-32(29)44-33(25)35(40)41)45(42,43)38(19-18-26-10-4-2-5-11-26)31-15-9-8-14-30(31)36-20-22-37(23-21-36)34(39)27-12-6-3-7-13-27/h2-17,24H,18-23H2,1H3,(H,40,41). The third kappa shape index (κ3) is 6.01. The highest BCUT2D eigenvalue weighted by molar-refractivity contribution is 7.92. The Morgan fingerprint density at radius 2 is 1.49 bits per heavy atom. The van der Waals surface area contributed by atoms with Gasteiger partial charge in [0.1, 0.15) is 5.58 Å². The van der Waals surface area contributed by atoms with E-state index in [1.54, 1.807) is 6.92 Å². The SMILES string of the molecule is Cc1c(C(=O)O)oc2ccc(S(=O)(=O)N(CCc3ccccc3)c3ccccc3N3CCN(C(=O)c4ccccc4)CC3)cc12. The highest BCUT2D eigenvalue weighted by atomic mass is 32.2. The molecule has 0 aliphatic carbocycles. The lowest BCUT2D eigenvalue weighted by molar-refractivity contribution is 0.0663. The van der Waals surface area contributed by atoms with Crippen LogP contribution in [0, 0.1) is 6.92 Å². The van der Waals surface area contributed by atoms with Crippen LogP contribution in [-0.4, -0.2) is 63.0 Å². The Morgan fingerprint density at radius 1 is 0.844 bits per heavy atom. The fourth-order valence-corrected chi connectivity index (χ4v) is 7.30. The number of aryl methyl sites for hydroxylation is 1. The first-order valence-corrected chi connectivity index (χ1v) is 16.2. The summed E-state index contributed by atoms with van der Waals surface area (Å²) in [6, 6.07) is 30.8. The van der Waals surface area contributed by atoms with Gasteiger partial charge in [-0.05, 0) is 61.4 Å². The molecule has 230 valence electrons. The van der Waals surface area contributed by atoms with Gasteiger partial charge in [-0.1, -0.05) is 60.7 Å². The highest BCUT2D eigenvalue weighted by Gasteiger charge is 2.31. The average Bonchev–Trinajstić information content (AvgIpc) is 3.41. The van der Waals surface area contributed by atoms with Crippen LogP contribution in [0.4, 0.5) is 11.4 Å². The number of benzene rings is 4. The lowest BCUT2D eigenvalue weighted by Crippen LogP contribution is -2.49. The van der Waals surface area contributed by atoms with E-state index in [0.717, 1.165) is 11.3 Å². The molecule has 1 N–H and O–H groups in total. The number of furan rings is 1. The number of carboxylic acid groups (broad SMARTS) is 1. The Morgan fingerprint density at radius 3 is 2.18 bits per heavy atom. The van der Waals surface area contributed by atoms with Crippen molar-refractivity contribution in [1.29, 1.82) is 0 Å². The highest BCUT2D eigenvalue weighted by Crippen LogP contribution is 2.36. The summed E-state index contributed by atoms with van der Waals surface area (Å²) in [5, 5.41) is 9.96. The summed E-state index contributed by atoms with van der Waals surface area (Å²) in [5.74, 6) is -1.45. The molecular formula is C35H33N3O6S. The zero-order valence-corrected chi connectivity index (χ0v) is 25.6. The van der Waals surface area contributed by atoms with Crippen molar-refractivity contribution in [2.75, 3.05) is 41.9 Å². The normalized spacial score (nSPS) is 13.6. The zero-order chi connectivity index (χ0) is 31.6. The maximum absolute atomic E-state index is 14.5. The van der Waals surface area contributed by atoms with E-state index in [0.29, 0.717) is 60.4 Å². The molecule has 0 atom stereocenters. The number of carbonyl (C=O) groups is 2. The molecule has 2 heterocycles.